The second-order valence-electron chi connectivity index (χ2n) is 14.0. The Morgan fingerprint density at radius 2 is 1.65 bits per heavy atom. The zero-order valence-corrected chi connectivity index (χ0v) is 29.0. The zero-order chi connectivity index (χ0) is 34.3. The van der Waals surface area contributed by atoms with Crippen molar-refractivity contribution in [3.8, 4) is 0 Å². The first-order valence-electron chi connectivity index (χ1n) is 17.7. The Morgan fingerprint density at radius 3 is 2.39 bits per heavy atom. The molecule has 11 nitrogen and oxygen atoms in total. The van der Waals surface area contributed by atoms with Crippen molar-refractivity contribution in [3.63, 3.8) is 0 Å². The number of fused-ring (bicyclic) bond motifs is 1. The first-order valence-corrected chi connectivity index (χ1v) is 19.2. The highest BCUT2D eigenvalue weighted by Gasteiger charge is 2.41. The SMILES string of the molecule is O=C(CN1CC[C@@H]2NC(=O)[C@@H](Cc3ccccc3)NC(=O)C3(CC=CC[C@@H]2C1)CCOCC3)Nc1ccc(S(=O)(=O)N2CCCCC2)cc1. The lowest BCUT2D eigenvalue weighted by Gasteiger charge is -2.40. The molecule has 0 bridgehead atoms. The molecule has 4 heterocycles. The van der Waals surface area contributed by atoms with Crippen molar-refractivity contribution in [2.75, 3.05) is 51.3 Å². The number of carbonyl (C=O) groups is 3. The minimum absolute atomic E-state index is 0.0826. The van der Waals surface area contributed by atoms with Crippen LogP contribution in [0, 0.1) is 11.3 Å². The van der Waals surface area contributed by atoms with Crippen LogP contribution in [0.5, 0.6) is 0 Å². The van der Waals surface area contributed by atoms with E-state index in [1.54, 1.807) is 24.3 Å². The van der Waals surface area contributed by atoms with Crippen LogP contribution in [0.2, 0.25) is 0 Å². The number of hydrogen-bond acceptors (Lipinski definition) is 7. The lowest BCUT2D eigenvalue weighted by atomic mass is 9.75. The molecule has 0 aliphatic carbocycles. The molecule has 0 unspecified atom stereocenters. The molecule has 0 radical (unpaired) electrons. The lowest BCUT2D eigenvalue weighted by Crippen LogP contribution is -2.58. The summed E-state index contributed by atoms with van der Waals surface area (Å²) in [6, 6.07) is 15.4. The predicted octanol–water partition coefficient (Wildman–Crippen LogP) is 3.48. The van der Waals surface area contributed by atoms with Crippen LogP contribution in [0.4, 0.5) is 5.69 Å². The van der Waals surface area contributed by atoms with Crippen LogP contribution in [-0.2, 0) is 35.6 Å². The molecular formula is C37H49N5O6S. The molecule has 4 aliphatic rings. The number of likely N-dealkylation sites (tertiary alicyclic amines) is 1. The normalized spacial score (nSPS) is 25.7. The van der Waals surface area contributed by atoms with E-state index in [1.165, 1.54) is 4.31 Å². The monoisotopic (exact) mass is 691 g/mol. The molecule has 3 amide bonds. The number of nitrogens with one attached hydrogen (secondary N) is 3. The standard InChI is InChI=1S/C37H49N5O6S/c43-34(38-30-12-14-31(15-13-30)49(46,47)42-20-7-2-8-21-42)27-41-22-16-32-29(26-41)11-5-6-17-37(18-23-48-24-19-37)36(45)40-33(35(44)39-32)25-28-9-3-1-4-10-28/h1,3-6,9-10,12-15,29,32-33H,2,7-8,11,16-27H2,(H,38,43)(H,39,44)(H,40,45)/t29-,32+,33-/m1/s1. The number of piperidine rings is 2. The van der Waals surface area contributed by atoms with Gasteiger partial charge in [0.25, 0.3) is 0 Å². The Bertz CT molecular complexity index is 1590. The average Bonchev–Trinajstić information content (AvgIpc) is 3.11. The molecule has 3 fully saturated rings. The smallest absolute Gasteiger partial charge is 0.243 e. The molecule has 0 saturated carbocycles. The number of ether oxygens (including phenoxy) is 1. The summed E-state index contributed by atoms with van der Waals surface area (Å²) in [4.78, 5) is 43.1. The molecule has 4 aliphatic heterocycles. The van der Waals surface area contributed by atoms with Gasteiger partial charge in [0.2, 0.25) is 27.7 Å². The maximum atomic E-state index is 13.9. The summed E-state index contributed by atoms with van der Waals surface area (Å²) >= 11 is 0. The fraction of sp³-hybridized carbons (Fsp3) is 0.541. The second kappa shape index (κ2) is 16.0. The van der Waals surface area contributed by atoms with Crippen molar-refractivity contribution in [1.29, 1.82) is 0 Å². The van der Waals surface area contributed by atoms with Gasteiger partial charge in [-0.25, -0.2) is 8.42 Å². The molecule has 2 aromatic rings. The summed E-state index contributed by atoms with van der Waals surface area (Å²) in [5.74, 6) is -0.368. The fourth-order valence-electron chi connectivity index (χ4n) is 7.57. The number of sulfonamides is 1. The zero-order valence-electron chi connectivity index (χ0n) is 28.1. The second-order valence-corrected chi connectivity index (χ2v) is 15.9. The third-order valence-corrected chi connectivity index (χ3v) is 12.5. The highest BCUT2D eigenvalue weighted by molar-refractivity contribution is 7.89. The van der Waals surface area contributed by atoms with Crippen molar-refractivity contribution in [3.05, 3.63) is 72.3 Å². The van der Waals surface area contributed by atoms with Gasteiger partial charge in [-0.15, -0.1) is 0 Å². The molecule has 1 spiro atoms. The minimum atomic E-state index is -3.54. The van der Waals surface area contributed by atoms with Crippen LogP contribution in [-0.4, -0.2) is 93.4 Å². The van der Waals surface area contributed by atoms with E-state index in [0.29, 0.717) is 83.6 Å². The Hall–Kier alpha value is -3.58. The van der Waals surface area contributed by atoms with Crippen LogP contribution >= 0.6 is 0 Å². The van der Waals surface area contributed by atoms with E-state index >= 15 is 0 Å². The van der Waals surface area contributed by atoms with Crippen LogP contribution in [0.25, 0.3) is 0 Å². The molecule has 3 N–H and O–H groups in total. The first-order chi connectivity index (χ1) is 23.7. The lowest BCUT2D eigenvalue weighted by molar-refractivity contribution is -0.140. The van der Waals surface area contributed by atoms with Crippen LogP contribution in [0.1, 0.15) is 56.9 Å². The Morgan fingerprint density at radius 1 is 0.918 bits per heavy atom. The van der Waals surface area contributed by atoms with E-state index in [4.69, 9.17) is 4.74 Å². The van der Waals surface area contributed by atoms with Gasteiger partial charge in [-0.2, -0.15) is 4.31 Å². The van der Waals surface area contributed by atoms with Crippen molar-refractivity contribution >= 4 is 33.4 Å². The van der Waals surface area contributed by atoms with E-state index in [9.17, 15) is 22.8 Å². The van der Waals surface area contributed by atoms with Gasteiger partial charge >= 0.3 is 0 Å². The summed E-state index contributed by atoms with van der Waals surface area (Å²) in [6.07, 6.45) is 10.6. The molecule has 6 rings (SSSR count). The Balaban J connectivity index is 1.11. The maximum Gasteiger partial charge on any atom is 0.243 e. The van der Waals surface area contributed by atoms with Gasteiger partial charge in [-0.3, -0.25) is 19.3 Å². The van der Waals surface area contributed by atoms with Crippen molar-refractivity contribution in [2.45, 2.75) is 74.8 Å². The number of nitrogens with zero attached hydrogens (tertiary/aromatic N) is 2. The van der Waals surface area contributed by atoms with E-state index in [2.05, 4.69) is 33.0 Å². The molecule has 3 saturated heterocycles. The van der Waals surface area contributed by atoms with Gasteiger partial charge in [-0.05, 0) is 80.7 Å². The first kappa shape index (κ1) is 35.3. The third kappa shape index (κ3) is 8.78. The highest BCUT2D eigenvalue weighted by Crippen LogP contribution is 2.36. The molecule has 3 atom stereocenters. The number of anilines is 1. The minimum Gasteiger partial charge on any atom is -0.381 e. The molecule has 49 heavy (non-hydrogen) atoms. The molecule has 12 heteroatoms. The highest BCUT2D eigenvalue weighted by atomic mass is 32.2. The van der Waals surface area contributed by atoms with Crippen molar-refractivity contribution in [2.24, 2.45) is 11.3 Å². The van der Waals surface area contributed by atoms with Gasteiger partial charge < -0.3 is 20.7 Å². The van der Waals surface area contributed by atoms with Crippen molar-refractivity contribution < 1.29 is 27.5 Å². The van der Waals surface area contributed by atoms with E-state index in [1.807, 2.05) is 30.3 Å². The summed E-state index contributed by atoms with van der Waals surface area (Å²) in [5.41, 5.74) is 0.911. The van der Waals surface area contributed by atoms with Crippen molar-refractivity contribution in [1.82, 2.24) is 19.8 Å². The van der Waals surface area contributed by atoms with E-state index < -0.39 is 21.5 Å². The molecule has 2 aromatic carbocycles. The van der Waals surface area contributed by atoms with Crippen LogP contribution in [0.15, 0.2) is 71.6 Å². The Labute approximate surface area is 289 Å². The quantitative estimate of drug-likeness (QED) is 0.379. The van der Waals surface area contributed by atoms with Gasteiger partial charge in [-0.1, -0.05) is 48.9 Å². The summed E-state index contributed by atoms with van der Waals surface area (Å²) in [7, 11) is -3.54. The van der Waals surface area contributed by atoms with E-state index in [0.717, 1.165) is 24.8 Å². The van der Waals surface area contributed by atoms with E-state index in [-0.39, 0.29) is 41.1 Å². The van der Waals surface area contributed by atoms with Crippen LogP contribution in [0.3, 0.4) is 0 Å². The topological polar surface area (TPSA) is 137 Å². The number of hydrogen-bond donors (Lipinski definition) is 3. The molecule has 0 aromatic heterocycles. The van der Waals surface area contributed by atoms with Gasteiger partial charge in [0, 0.05) is 57.5 Å². The van der Waals surface area contributed by atoms with Gasteiger partial charge in [0.05, 0.1) is 16.9 Å². The molecule has 264 valence electrons. The Kier molecular flexibility index (Phi) is 11.5. The number of amides is 3. The van der Waals surface area contributed by atoms with Crippen LogP contribution < -0.4 is 16.0 Å². The number of benzene rings is 2. The summed E-state index contributed by atoms with van der Waals surface area (Å²) in [5, 5.41) is 9.34. The largest absolute Gasteiger partial charge is 0.381 e. The van der Waals surface area contributed by atoms with Gasteiger partial charge in [0.1, 0.15) is 6.04 Å². The average molecular weight is 692 g/mol. The third-order valence-electron chi connectivity index (χ3n) is 10.6. The predicted molar refractivity (Wildman–Crippen MR) is 187 cm³/mol. The summed E-state index contributed by atoms with van der Waals surface area (Å²) < 4.78 is 33.2. The fourth-order valence-corrected chi connectivity index (χ4v) is 9.08. The summed E-state index contributed by atoms with van der Waals surface area (Å²) in [6.45, 7) is 3.55. The maximum absolute atomic E-state index is 13.9. The molecular weight excluding hydrogens is 643 g/mol. The number of rotatable bonds is 7. The number of allylic oxidation sites excluding steroid dienone is 2. The number of carbonyl (C=O) groups excluding carboxylic acids is 3. The van der Waals surface area contributed by atoms with Gasteiger partial charge in [0.15, 0.2) is 0 Å².